The Kier molecular flexibility index (Phi) is 3.76. The van der Waals surface area contributed by atoms with Gasteiger partial charge in [0.2, 0.25) is 0 Å². The largest absolute Gasteiger partial charge is 0.496 e. The summed E-state index contributed by atoms with van der Waals surface area (Å²) in [7, 11) is 1.54. The van der Waals surface area contributed by atoms with Gasteiger partial charge in [-0.2, -0.15) is 0 Å². The number of hydrogen-bond acceptors (Lipinski definition) is 5. The maximum absolute atomic E-state index is 13.0. The molecule has 0 unspecified atom stereocenters. The van der Waals surface area contributed by atoms with E-state index in [1.54, 1.807) is 37.4 Å². The summed E-state index contributed by atoms with van der Waals surface area (Å²) < 4.78 is 5.39. The van der Waals surface area contributed by atoms with E-state index in [9.17, 15) is 14.4 Å². The van der Waals surface area contributed by atoms with E-state index in [4.69, 9.17) is 9.57 Å². The molecular weight excluding hydrogens is 334 g/mol. The van der Waals surface area contributed by atoms with E-state index in [0.717, 1.165) is 12.0 Å². The average Bonchev–Trinajstić information content (AvgIpc) is 2.87. The van der Waals surface area contributed by atoms with Gasteiger partial charge in [-0.05, 0) is 31.0 Å². The van der Waals surface area contributed by atoms with Crippen molar-refractivity contribution in [3.63, 3.8) is 0 Å². The van der Waals surface area contributed by atoms with Crippen LogP contribution in [0.15, 0.2) is 48.5 Å². The number of benzene rings is 2. The van der Waals surface area contributed by atoms with E-state index < -0.39 is 23.2 Å². The first-order valence-corrected chi connectivity index (χ1v) is 8.42. The monoisotopic (exact) mass is 351 g/mol. The van der Waals surface area contributed by atoms with Crippen molar-refractivity contribution in [2.75, 3.05) is 7.11 Å². The van der Waals surface area contributed by atoms with Crippen molar-refractivity contribution in [2.24, 2.45) is 0 Å². The van der Waals surface area contributed by atoms with E-state index in [0.29, 0.717) is 23.7 Å². The number of nitrogens with zero attached hydrogens (tertiary/aromatic N) is 1. The number of rotatable bonds is 4. The Hall–Kier alpha value is -3.15. The van der Waals surface area contributed by atoms with Gasteiger partial charge in [0.15, 0.2) is 0 Å². The highest BCUT2D eigenvalue weighted by Gasteiger charge is 2.51. The average molecular weight is 351 g/mol. The summed E-state index contributed by atoms with van der Waals surface area (Å²) in [4.78, 5) is 43.2. The van der Waals surface area contributed by atoms with Crippen LogP contribution in [0.1, 0.15) is 45.5 Å². The van der Waals surface area contributed by atoms with Crippen LogP contribution in [0.4, 0.5) is 0 Å². The fourth-order valence-corrected chi connectivity index (χ4v) is 3.57. The molecule has 6 heteroatoms. The Bertz CT molecular complexity index is 881. The Morgan fingerprint density at radius 2 is 1.54 bits per heavy atom. The smallest absolute Gasteiger partial charge is 0.343 e. The molecule has 1 aliphatic carbocycles. The highest BCUT2D eigenvalue weighted by Crippen LogP contribution is 2.48. The quantitative estimate of drug-likeness (QED) is 0.792. The minimum absolute atomic E-state index is 0.241. The number of imide groups is 1. The summed E-state index contributed by atoms with van der Waals surface area (Å²) in [5, 5.41) is 0.572. The van der Waals surface area contributed by atoms with Crippen LogP contribution in [0, 0.1) is 0 Å². The number of methoxy groups -OCH3 is 1. The van der Waals surface area contributed by atoms with Crippen LogP contribution in [-0.4, -0.2) is 30.0 Å². The van der Waals surface area contributed by atoms with Gasteiger partial charge < -0.3 is 9.57 Å². The highest BCUT2D eigenvalue weighted by atomic mass is 16.7. The minimum Gasteiger partial charge on any atom is -0.496 e. The lowest BCUT2D eigenvalue weighted by Gasteiger charge is -2.40. The van der Waals surface area contributed by atoms with Crippen LogP contribution in [0.25, 0.3) is 0 Å². The molecule has 0 bridgehead atoms. The second-order valence-corrected chi connectivity index (χ2v) is 6.46. The molecule has 1 heterocycles. The molecule has 6 nitrogen and oxygen atoms in total. The van der Waals surface area contributed by atoms with Gasteiger partial charge in [0.1, 0.15) is 5.75 Å². The number of hydroxylamine groups is 2. The van der Waals surface area contributed by atoms with Crippen molar-refractivity contribution >= 4 is 17.8 Å². The molecule has 0 atom stereocenters. The van der Waals surface area contributed by atoms with Crippen molar-refractivity contribution in [1.29, 1.82) is 0 Å². The lowest BCUT2D eigenvalue weighted by Crippen LogP contribution is -2.47. The Balaban J connectivity index is 1.64. The third-order valence-corrected chi connectivity index (χ3v) is 5.15. The Morgan fingerprint density at radius 3 is 2.08 bits per heavy atom. The van der Waals surface area contributed by atoms with Gasteiger partial charge in [-0.15, -0.1) is 0 Å². The fourth-order valence-electron chi connectivity index (χ4n) is 3.57. The number of hydrogen-bond donors (Lipinski definition) is 0. The number of fused-ring (bicyclic) bond motifs is 1. The van der Waals surface area contributed by atoms with Gasteiger partial charge in [-0.3, -0.25) is 9.59 Å². The third-order valence-electron chi connectivity index (χ3n) is 5.15. The molecule has 4 rings (SSSR count). The molecule has 0 radical (unpaired) electrons. The van der Waals surface area contributed by atoms with Gasteiger partial charge in [0.05, 0.1) is 23.7 Å². The Morgan fingerprint density at radius 1 is 0.962 bits per heavy atom. The zero-order chi connectivity index (χ0) is 18.3. The predicted octanol–water partition coefficient (Wildman–Crippen LogP) is 2.87. The maximum atomic E-state index is 13.0. The molecule has 132 valence electrons. The molecule has 2 aromatic rings. The van der Waals surface area contributed by atoms with Crippen molar-refractivity contribution in [1.82, 2.24) is 5.06 Å². The fraction of sp³-hybridized carbons (Fsp3) is 0.250. The number of para-hydroxylation sites is 1. The molecular formula is C20H17NO5. The summed E-state index contributed by atoms with van der Waals surface area (Å²) in [6.45, 7) is 0. The molecule has 2 amide bonds. The lowest BCUT2D eigenvalue weighted by molar-refractivity contribution is -0.179. The highest BCUT2D eigenvalue weighted by molar-refractivity contribution is 6.21. The summed E-state index contributed by atoms with van der Waals surface area (Å²) in [6, 6.07) is 13.7. The Labute approximate surface area is 150 Å². The molecule has 1 fully saturated rings. The van der Waals surface area contributed by atoms with Crippen LogP contribution < -0.4 is 4.74 Å². The maximum Gasteiger partial charge on any atom is 0.343 e. The molecule has 0 aromatic heterocycles. The first-order chi connectivity index (χ1) is 12.6. The van der Waals surface area contributed by atoms with Crippen molar-refractivity contribution in [3.05, 3.63) is 65.2 Å². The second kappa shape index (κ2) is 5.98. The first kappa shape index (κ1) is 16.3. The lowest BCUT2D eigenvalue weighted by atomic mass is 9.64. The molecule has 26 heavy (non-hydrogen) atoms. The minimum atomic E-state index is -0.901. The number of carbonyl (C=O) groups is 3. The van der Waals surface area contributed by atoms with Crippen LogP contribution >= 0.6 is 0 Å². The number of carbonyl (C=O) groups excluding carboxylic acids is 3. The van der Waals surface area contributed by atoms with E-state index in [1.807, 2.05) is 18.2 Å². The van der Waals surface area contributed by atoms with Crippen LogP contribution in [0.5, 0.6) is 5.75 Å². The molecule has 2 aromatic carbocycles. The van der Waals surface area contributed by atoms with Crippen molar-refractivity contribution < 1.29 is 24.0 Å². The summed E-state index contributed by atoms with van der Waals surface area (Å²) in [5.41, 5.74) is 0.299. The van der Waals surface area contributed by atoms with E-state index in [2.05, 4.69) is 0 Å². The van der Waals surface area contributed by atoms with Gasteiger partial charge >= 0.3 is 5.97 Å². The molecule has 1 saturated carbocycles. The van der Waals surface area contributed by atoms with Gasteiger partial charge in [-0.25, -0.2) is 4.79 Å². The number of ether oxygens (including phenoxy) is 1. The molecule has 0 saturated heterocycles. The standard InChI is InChI=1S/C20H17NO5/c1-25-16-10-5-4-9-15(16)20(11-6-12-20)19(24)26-21-17(22)13-7-2-3-8-14(13)18(21)23/h2-5,7-10H,6,11-12H2,1H3. The van der Waals surface area contributed by atoms with Gasteiger partial charge in [-0.1, -0.05) is 41.8 Å². The van der Waals surface area contributed by atoms with Crippen molar-refractivity contribution in [2.45, 2.75) is 24.7 Å². The molecule has 0 N–H and O–H groups in total. The van der Waals surface area contributed by atoms with E-state index >= 15 is 0 Å². The number of amides is 2. The van der Waals surface area contributed by atoms with Crippen LogP contribution in [-0.2, 0) is 15.0 Å². The van der Waals surface area contributed by atoms with Crippen molar-refractivity contribution in [3.8, 4) is 5.75 Å². The zero-order valence-corrected chi connectivity index (χ0v) is 14.2. The summed E-state index contributed by atoms with van der Waals surface area (Å²) >= 11 is 0. The van der Waals surface area contributed by atoms with Gasteiger partial charge in [0.25, 0.3) is 11.8 Å². The summed E-state index contributed by atoms with van der Waals surface area (Å²) in [6.07, 6.45) is 2.01. The van der Waals surface area contributed by atoms with Gasteiger partial charge in [0, 0.05) is 5.56 Å². The second-order valence-electron chi connectivity index (χ2n) is 6.46. The van der Waals surface area contributed by atoms with Crippen LogP contribution in [0.2, 0.25) is 0 Å². The van der Waals surface area contributed by atoms with E-state index in [-0.39, 0.29) is 11.1 Å². The zero-order valence-electron chi connectivity index (χ0n) is 14.2. The van der Waals surface area contributed by atoms with Crippen LogP contribution in [0.3, 0.4) is 0 Å². The normalized spacial score (nSPS) is 17.5. The predicted molar refractivity (Wildman–Crippen MR) is 91.6 cm³/mol. The summed E-state index contributed by atoms with van der Waals surface area (Å²) in [5.74, 6) is -1.25. The molecule has 0 spiro atoms. The third kappa shape index (κ3) is 2.22. The topological polar surface area (TPSA) is 72.9 Å². The van der Waals surface area contributed by atoms with E-state index in [1.165, 1.54) is 0 Å². The first-order valence-electron chi connectivity index (χ1n) is 8.42. The molecule has 2 aliphatic rings. The SMILES string of the molecule is COc1ccccc1C1(C(=O)ON2C(=O)c3ccccc3C2=O)CCC1. The molecule has 1 aliphatic heterocycles.